The second-order valence-electron chi connectivity index (χ2n) is 5.22. The van der Waals surface area contributed by atoms with Crippen molar-refractivity contribution in [2.45, 2.75) is 32.9 Å². The van der Waals surface area contributed by atoms with Gasteiger partial charge in [0, 0.05) is 17.5 Å². The zero-order valence-corrected chi connectivity index (χ0v) is 11.2. The number of para-hydroxylation sites is 1. The summed E-state index contributed by atoms with van der Waals surface area (Å²) in [7, 11) is 0. The normalized spacial score (nSPS) is 12.0. The topological polar surface area (TPSA) is 24.9 Å². The van der Waals surface area contributed by atoms with Gasteiger partial charge in [0.15, 0.2) is 0 Å². The quantitative estimate of drug-likeness (QED) is 0.875. The fourth-order valence-corrected chi connectivity index (χ4v) is 1.92. The van der Waals surface area contributed by atoms with Crippen molar-refractivity contribution in [3.05, 3.63) is 41.0 Å². The molecule has 1 aromatic heterocycles. The minimum absolute atomic E-state index is 0.0831. The first-order chi connectivity index (χ1) is 7.96. The Morgan fingerprint density at radius 1 is 1.24 bits per heavy atom. The number of hydrogen-bond donors (Lipinski definition) is 1. The molecule has 0 aliphatic heterocycles. The van der Waals surface area contributed by atoms with Crippen LogP contribution in [-0.2, 0) is 6.54 Å². The summed E-state index contributed by atoms with van der Waals surface area (Å²) < 4.78 is 0. The number of rotatable bonds is 2. The molecule has 3 heteroatoms. The average molecular weight is 249 g/mol. The van der Waals surface area contributed by atoms with Gasteiger partial charge in [-0.25, -0.2) is 0 Å². The highest BCUT2D eigenvalue weighted by atomic mass is 35.5. The van der Waals surface area contributed by atoms with Crippen LogP contribution in [0.2, 0.25) is 5.02 Å². The van der Waals surface area contributed by atoms with E-state index >= 15 is 0 Å². The molecule has 17 heavy (non-hydrogen) atoms. The molecule has 0 saturated heterocycles. The third-order valence-electron chi connectivity index (χ3n) is 2.52. The average Bonchev–Trinajstić information content (AvgIpc) is 2.26. The SMILES string of the molecule is CC(C)(C)NCc1cc(Cl)c2ccccc2n1. The summed E-state index contributed by atoms with van der Waals surface area (Å²) in [6, 6.07) is 9.87. The van der Waals surface area contributed by atoms with Crippen molar-refractivity contribution in [3.63, 3.8) is 0 Å². The Kier molecular flexibility index (Phi) is 3.36. The van der Waals surface area contributed by atoms with E-state index in [1.54, 1.807) is 0 Å². The van der Waals surface area contributed by atoms with Gasteiger partial charge in [-0.05, 0) is 32.9 Å². The summed E-state index contributed by atoms with van der Waals surface area (Å²) in [6.45, 7) is 7.13. The monoisotopic (exact) mass is 248 g/mol. The van der Waals surface area contributed by atoms with E-state index in [1.165, 1.54) is 0 Å². The summed E-state index contributed by atoms with van der Waals surface area (Å²) in [5.74, 6) is 0. The van der Waals surface area contributed by atoms with E-state index in [4.69, 9.17) is 11.6 Å². The molecule has 2 nitrogen and oxygen atoms in total. The molecule has 90 valence electrons. The van der Waals surface area contributed by atoms with Crippen LogP contribution >= 0.6 is 11.6 Å². The van der Waals surface area contributed by atoms with Crippen LogP contribution in [0.25, 0.3) is 10.9 Å². The van der Waals surface area contributed by atoms with E-state index in [2.05, 4.69) is 31.1 Å². The highest BCUT2D eigenvalue weighted by molar-refractivity contribution is 6.35. The fourth-order valence-electron chi connectivity index (χ4n) is 1.63. The van der Waals surface area contributed by atoms with Gasteiger partial charge in [0.1, 0.15) is 0 Å². The van der Waals surface area contributed by atoms with Crippen LogP contribution in [0.4, 0.5) is 0 Å². The second-order valence-corrected chi connectivity index (χ2v) is 5.62. The van der Waals surface area contributed by atoms with E-state index in [1.807, 2.05) is 30.3 Å². The first-order valence-corrected chi connectivity index (χ1v) is 6.13. The molecule has 1 N–H and O–H groups in total. The highest BCUT2D eigenvalue weighted by Crippen LogP contribution is 2.22. The molecule has 0 radical (unpaired) electrons. The lowest BCUT2D eigenvalue weighted by Crippen LogP contribution is -2.35. The van der Waals surface area contributed by atoms with Gasteiger partial charge in [0.25, 0.3) is 0 Å². The molecule has 0 fully saturated rings. The molecule has 0 aliphatic carbocycles. The Bertz CT molecular complexity index is 529. The van der Waals surface area contributed by atoms with Crippen LogP contribution in [0, 0.1) is 0 Å². The maximum absolute atomic E-state index is 6.24. The first-order valence-electron chi connectivity index (χ1n) is 5.75. The highest BCUT2D eigenvalue weighted by Gasteiger charge is 2.10. The standard InChI is InChI=1S/C14H17ClN2/c1-14(2,3)16-9-10-8-12(15)11-6-4-5-7-13(11)17-10/h4-8,16H,9H2,1-3H3. The van der Waals surface area contributed by atoms with Crippen molar-refractivity contribution in [1.29, 1.82) is 0 Å². The summed E-state index contributed by atoms with van der Waals surface area (Å²) >= 11 is 6.24. The molecule has 1 aromatic carbocycles. The van der Waals surface area contributed by atoms with E-state index < -0.39 is 0 Å². The van der Waals surface area contributed by atoms with Crippen molar-refractivity contribution >= 4 is 22.5 Å². The first kappa shape index (κ1) is 12.3. The van der Waals surface area contributed by atoms with Crippen LogP contribution in [-0.4, -0.2) is 10.5 Å². The van der Waals surface area contributed by atoms with Crippen LogP contribution < -0.4 is 5.32 Å². The zero-order valence-electron chi connectivity index (χ0n) is 10.4. The Morgan fingerprint density at radius 2 is 1.94 bits per heavy atom. The third kappa shape index (κ3) is 3.18. The van der Waals surface area contributed by atoms with Crippen molar-refractivity contribution in [2.75, 3.05) is 0 Å². The molecular weight excluding hydrogens is 232 g/mol. The Labute approximate surface area is 107 Å². The van der Waals surface area contributed by atoms with Crippen molar-refractivity contribution < 1.29 is 0 Å². The summed E-state index contributed by atoms with van der Waals surface area (Å²) in [4.78, 5) is 4.59. The fraction of sp³-hybridized carbons (Fsp3) is 0.357. The number of halogens is 1. The van der Waals surface area contributed by atoms with Crippen molar-refractivity contribution in [1.82, 2.24) is 10.3 Å². The van der Waals surface area contributed by atoms with Crippen molar-refractivity contribution in [2.24, 2.45) is 0 Å². The number of pyridine rings is 1. The molecule has 2 aromatic rings. The van der Waals surface area contributed by atoms with Gasteiger partial charge in [0.05, 0.1) is 16.2 Å². The molecule has 0 aliphatic rings. The lowest BCUT2D eigenvalue weighted by Gasteiger charge is -2.20. The molecule has 1 heterocycles. The van der Waals surface area contributed by atoms with E-state index in [0.717, 1.165) is 28.2 Å². The van der Waals surface area contributed by atoms with Crippen LogP contribution in [0.5, 0.6) is 0 Å². The molecule has 0 unspecified atom stereocenters. The van der Waals surface area contributed by atoms with Crippen molar-refractivity contribution in [3.8, 4) is 0 Å². The number of nitrogens with one attached hydrogen (secondary N) is 1. The maximum Gasteiger partial charge on any atom is 0.0720 e. The minimum atomic E-state index is 0.0831. The second kappa shape index (κ2) is 4.63. The Balaban J connectivity index is 2.31. The zero-order chi connectivity index (χ0) is 12.5. The van der Waals surface area contributed by atoms with Gasteiger partial charge in [-0.15, -0.1) is 0 Å². The van der Waals surface area contributed by atoms with Gasteiger partial charge in [-0.1, -0.05) is 29.8 Å². The van der Waals surface area contributed by atoms with E-state index in [-0.39, 0.29) is 5.54 Å². The Morgan fingerprint density at radius 3 is 2.65 bits per heavy atom. The van der Waals surface area contributed by atoms with Crippen LogP contribution in [0.15, 0.2) is 30.3 Å². The molecule has 0 bridgehead atoms. The third-order valence-corrected chi connectivity index (χ3v) is 2.83. The van der Waals surface area contributed by atoms with E-state index in [0.29, 0.717) is 0 Å². The Hall–Kier alpha value is -1.12. The lowest BCUT2D eigenvalue weighted by molar-refractivity contribution is 0.421. The summed E-state index contributed by atoms with van der Waals surface area (Å²) in [5, 5.41) is 5.18. The number of nitrogens with zero attached hydrogens (tertiary/aromatic N) is 1. The number of aromatic nitrogens is 1. The van der Waals surface area contributed by atoms with Gasteiger partial charge in [-0.2, -0.15) is 0 Å². The van der Waals surface area contributed by atoms with Gasteiger partial charge in [-0.3, -0.25) is 4.98 Å². The predicted molar refractivity (Wildman–Crippen MR) is 73.3 cm³/mol. The van der Waals surface area contributed by atoms with Gasteiger partial charge in [0.2, 0.25) is 0 Å². The number of fused-ring (bicyclic) bond motifs is 1. The summed E-state index contributed by atoms with van der Waals surface area (Å²) in [5.41, 5.74) is 2.01. The molecule has 0 saturated carbocycles. The molecule has 0 amide bonds. The van der Waals surface area contributed by atoms with Crippen LogP contribution in [0.1, 0.15) is 26.5 Å². The maximum atomic E-state index is 6.24. The molecule has 2 rings (SSSR count). The lowest BCUT2D eigenvalue weighted by atomic mass is 10.1. The minimum Gasteiger partial charge on any atom is -0.306 e. The number of benzene rings is 1. The van der Waals surface area contributed by atoms with Crippen LogP contribution in [0.3, 0.4) is 0 Å². The molecule has 0 spiro atoms. The van der Waals surface area contributed by atoms with E-state index in [9.17, 15) is 0 Å². The van der Waals surface area contributed by atoms with Gasteiger partial charge >= 0.3 is 0 Å². The number of hydrogen-bond acceptors (Lipinski definition) is 2. The largest absolute Gasteiger partial charge is 0.306 e. The van der Waals surface area contributed by atoms with Gasteiger partial charge < -0.3 is 5.32 Å². The molecule has 0 atom stereocenters. The summed E-state index contributed by atoms with van der Waals surface area (Å²) in [6.07, 6.45) is 0. The smallest absolute Gasteiger partial charge is 0.0720 e. The molecular formula is C14H17ClN2. The predicted octanol–water partition coefficient (Wildman–Crippen LogP) is 3.78.